The van der Waals surface area contributed by atoms with E-state index in [4.69, 9.17) is 4.74 Å². The number of halogens is 1. The number of hydrogen-bond donors (Lipinski definition) is 0. The lowest BCUT2D eigenvalue weighted by molar-refractivity contribution is 0.386. The van der Waals surface area contributed by atoms with Crippen LogP contribution in [0.2, 0.25) is 0 Å². The van der Waals surface area contributed by atoms with Crippen LogP contribution in [0.1, 0.15) is 38.2 Å². The summed E-state index contributed by atoms with van der Waals surface area (Å²) < 4.78 is 18.1. The molecule has 0 aliphatic rings. The first-order chi connectivity index (χ1) is 7.77. The van der Waals surface area contributed by atoms with Crippen molar-refractivity contribution in [2.75, 3.05) is 7.11 Å². The van der Waals surface area contributed by atoms with Gasteiger partial charge >= 0.3 is 0 Å². The van der Waals surface area contributed by atoms with Crippen LogP contribution in [0.5, 0.6) is 5.75 Å². The van der Waals surface area contributed by atoms with Crippen LogP contribution in [-0.4, -0.2) is 7.11 Å². The summed E-state index contributed by atoms with van der Waals surface area (Å²) in [4.78, 5) is 0. The molecule has 0 unspecified atom stereocenters. The maximum Gasteiger partial charge on any atom is 0.166 e. The van der Waals surface area contributed by atoms with Gasteiger partial charge in [0, 0.05) is 12.0 Å². The molecule has 2 heteroatoms. The van der Waals surface area contributed by atoms with Gasteiger partial charge in [-0.3, -0.25) is 0 Å². The Morgan fingerprint density at radius 2 is 2.12 bits per heavy atom. The fraction of sp³-hybridized carbons (Fsp3) is 0.429. The molecule has 0 radical (unpaired) electrons. The van der Waals surface area contributed by atoms with Gasteiger partial charge in [0.05, 0.1) is 7.11 Å². The summed E-state index contributed by atoms with van der Waals surface area (Å²) in [5.74, 6) is 5.90. The predicted molar refractivity (Wildman–Crippen MR) is 64.0 cm³/mol. The molecule has 0 saturated carbocycles. The fourth-order valence-electron chi connectivity index (χ4n) is 1.37. The third kappa shape index (κ3) is 3.94. The van der Waals surface area contributed by atoms with Gasteiger partial charge in [-0.05, 0) is 24.6 Å². The number of methoxy groups -OCH3 is 1. The van der Waals surface area contributed by atoms with E-state index >= 15 is 0 Å². The fourth-order valence-corrected chi connectivity index (χ4v) is 1.37. The highest BCUT2D eigenvalue weighted by Gasteiger charge is 2.00. The van der Waals surface area contributed by atoms with Gasteiger partial charge in [-0.1, -0.05) is 31.6 Å². The van der Waals surface area contributed by atoms with E-state index in [1.807, 2.05) is 0 Å². The third-order valence-electron chi connectivity index (χ3n) is 2.29. The van der Waals surface area contributed by atoms with Gasteiger partial charge in [0.2, 0.25) is 0 Å². The van der Waals surface area contributed by atoms with Gasteiger partial charge in [-0.15, -0.1) is 0 Å². The summed E-state index contributed by atoms with van der Waals surface area (Å²) >= 11 is 0. The highest BCUT2D eigenvalue weighted by Crippen LogP contribution is 2.16. The smallest absolute Gasteiger partial charge is 0.166 e. The van der Waals surface area contributed by atoms with Crippen LogP contribution < -0.4 is 4.74 Å². The zero-order valence-corrected chi connectivity index (χ0v) is 9.85. The van der Waals surface area contributed by atoms with E-state index < -0.39 is 0 Å². The van der Waals surface area contributed by atoms with Crippen molar-refractivity contribution in [3.63, 3.8) is 0 Å². The Morgan fingerprint density at radius 1 is 1.31 bits per heavy atom. The maximum atomic E-state index is 13.3. The molecule has 16 heavy (non-hydrogen) atoms. The largest absolute Gasteiger partial charge is 0.494 e. The summed E-state index contributed by atoms with van der Waals surface area (Å²) in [5, 5.41) is 0. The first-order valence-electron chi connectivity index (χ1n) is 5.60. The van der Waals surface area contributed by atoms with Crippen LogP contribution >= 0.6 is 0 Å². The van der Waals surface area contributed by atoms with E-state index in [0.717, 1.165) is 12.8 Å². The number of benzene rings is 1. The van der Waals surface area contributed by atoms with E-state index in [1.165, 1.54) is 26.0 Å². The van der Waals surface area contributed by atoms with Crippen molar-refractivity contribution in [3.05, 3.63) is 29.6 Å². The standard InChI is InChI=1S/C14H17FO/c1-3-4-5-6-7-8-12-9-10-14(16-2)13(15)11-12/h9-11H,3-6H2,1-2H3. The molecule has 1 aromatic carbocycles. The summed E-state index contributed by atoms with van der Waals surface area (Å²) in [6, 6.07) is 4.78. The molecule has 0 amide bonds. The number of ether oxygens (including phenoxy) is 1. The van der Waals surface area contributed by atoms with Crippen molar-refractivity contribution in [3.8, 4) is 17.6 Å². The Balaban J connectivity index is 2.57. The van der Waals surface area contributed by atoms with Crippen molar-refractivity contribution in [2.45, 2.75) is 32.6 Å². The van der Waals surface area contributed by atoms with E-state index in [0.29, 0.717) is 5.56 Å². The van der Waals surface area contributed by atoms with E-state index in [1.54, 1.807) is 12.1 Å². The molecule has 86 valence electrons. The highest BCUT2D eigenvalue weighted by atomic mass is 19.1. The summed E-state index contributed by atoms with van der Waals surface area (Å²) in [6.45, 7) is 2.16. The van der Waals surface area contributed by atoms with Crippen LogP contribution in [0.15, 0.2) is 18.2 Å². The van der Waals surface area contributed by atoms with E-state index in [2.05, 4.69) is 18.8 Å². The molecular formula is C14H17FO. The quantitative estimate of drug-likeness (QED) is 0.554. The SMILES string of the molecule is CCCCCC#Cc1ccc(OC)c(F)c1. The number of rotatable bonds is 4. The maximum absolute atomic E-state index is 13.3. The Hall–Kier alpha value is -1.49. The van der Waals surface area contributed by atoms with Crippen LogP contribution in [0.3, 0.4) is 0 Å². The minimum Gasteiger partial charge on any atom is -0.494 e. The molecule has 0 N–H and O–H groups in total. The molecule has 0 spiro atoms. The molecule has 1 nitrogen and oxygen atoms in total. The molecule has 0 aromatic heterocycles. The van der Waals surface area contributed by atoms with Crippen molar-refractivity contribution >= 4 is 0 Å². The normalized spacial score (nSPS) is 9.44. The van der Waals surface area contributed by atoms with Crippen molar-refractivity contribution in [1.29, 1.82) is 0 Å². The molecule has 0 aliphatic heterocycles. The van der Waals surface area contributed by atoms with Crippen molar-refractivity contribution < 1.29 is 9.13 Å². The number of hydrogen-bond acceptors (Lipinski definition) is 1. The number of unbranched alkanes of at least 4 members (excludes halogenated alkanes) is 3. The van der Waals surface area contributed by atoms with Crippen LogP contribution in [0.4, 0.5) is 4.39 Å². The summed E-state index contributed by atoms with van der Waals surface area (Å²) in [7, 11) is 1.45. The minimum absolute atomic E-state index is 0.261. The first-order valence-corrected chi connectivity index (χ1v) is 5.60. The lowest BCUT2D eigenvalue weighted by atomic mass is 10.2. The Kier molecular flexibility index (Phi) is 5.42. The van der Waals surface area contributed by atoms with Gasteiger partial charge in [-0.25, -0.2) is 4.39 Å². The van der Waals surface area contributed by atoms with Gasteiger partial charge in [0.25, 0.3) is 0 Å². The van der Waals surface area contributed by atoms with Gasteiger partial charge in [0.15, 0.2) is 11.6 Å². The zero-order valence-electron chi connectivity index (χ0n) is 9.85. The topological polar surface area (TPSA) is 9.23 Å². The van der Waals surface area contributed by atoms with E-state index in [9.17, 15) is 4.39 Å². The summed E-state index contributed by atoms with van der Waals surface area (Å²) in [5.41, 5.74) is 0.704. The molecule has 1 rings (SSSR count). The average molecular weight is 220 g/mol. The Bertz CT molecular complexity index is 387. The van der Waals surface area contributed by atoms with Crippen LogP contribution in [0, 0.1) is 17.7 Å². The van der Waals surface area contributed by atoms with E-state index in [-0.39, 0.29) is 11.6 Å². The molecular weight excluding hydrogens is 203 g/mol. The Morgan fingerprint density at radius 3 is 2.75 bits per heavy atom. The minimum atomic E-state index is -0.358. The second kappa shape index (κ2) is 6.90. The Labute approximate surface area is 96.6 Å². The molecule has 0 bridgehead atoms. The van der Waals surface area contributed by atoms with Crippen LogP contribution in [0.25, 0.3) is 0 Å². The van der Waals surface area contributed by atoms with Crippen LogP contribution in [-0.2, 0) is 0 Å². The third-order valence-corrected chi connectivity index (χ3v) is 2.29. The monoisotopic (exact) mass is 220 g/mol. The van der Waals surface area contributed by atoms with Crippen molar-refractivity contribution in [1.82, 2.24) is 0 Å². The van der Waals surface area contributed by atoms with Gasteiger partial charge in [0.1, 0.15) is 0 Å². The first kappa shape index (κ1) is 12.6. The summed E-state index contributed by atoms with van der Waals surface area (Å²) in [6.07, 6.45) is 4.38. The van der Waals surface area contributed by atoms with Gasteiger partial charge in [-0.2, -0.15) is 0 Å². The second-order valence-corrected chi connectivity index (χ2v) is 3.61. The van der Waals surface area contributed by atoms with Gasteiger partial charge < -0.3 is 4.74 Å². The average Bonchev–Trinajstić information content (AvgIpc) is 2.29. The molecule has 0 aliphatic carbocycles. The molecule has 0 heterocycles. The molecule has 1 aromatic rings. The molecule has 0 atom stereocenters. The lowest BCUT2D eigenvalue weighted by Gasteiger charge is -2.00. The lowest BCUT2D eigenvalue weighted by Crippen LogP contribution is -1.88. The predicted octanol–water partition coefficient (Wildman–Crippen LogP) is 3.77. The second-order valence-electron chi connectivity index (χ2n) is 3.61. The zero-order chi connectivity index (χ0) is 11.8. The molecule has 0 fully saturated rings. The highest BCUT2D eigenvalue weighted by molar-refractivity contribution is 5.39. The van der Waals surface area contributed by atoms with Crippen molar-refractivity contribution in [2.24, 2.45) is 0 Å². The molecule has 0 saturated heterocycles.